The van der Waals surface area contributed by atoms with E-state index in [1.54, 1.807) is 7.05 Å². The van der Waals surface area contributed by atoms with Gasteiger partial charge in [0.05, 0.1) is 19.8 Å². The fraction of sp³-hybridized carbons (Fsp3) is 0.889. The molecule has 74 valence electrons. The quantitative estimate of drug-likeness (QED) is 0.617. The van der Waals surface area contributed by atoms with Gasteiger partial charge >= 0.3 is 0 Å². The van der Waals surface area contributed by atoms with Crippen LogP contribution in [0.4, 0.5) is 0 Å². The molecule has 1 N–H and O–H groups in total. The van der Waals surface area contributed by atoms with Crippen molar-refractivity contribution in [3.8, 4) is 0 Å². The third-order valence-corrected chi connectivity index (χ3v) is 2.92. The number of likely N-dealkylation sites (tertiary alicyclic amines) is 1. The molecule has 0 aromatic carbocycles. The zero-order valence-electron chi connectivity index (χ0n) is 7.95. The molecule has 2 saturated heterocycles. The Bertz CT molecular complexity index is 196. The highest BCUT2D eigenvalue weighted by molar-refractivity contribution is 5.78. The minimum atomic E-state index is 0.219. The first-order valence-electron chi connectivity index (χ1n) is 4.81. The summed E-state index contributed by atoms with van der Waals surface area (Å²) in [4.78, 5) is 13.5. The highest BCUT2D eigenvalue weighted by Crippen LogP contribution is 2.28. The van der Waals surface area contributed by atoms with Crippen LogP contribution >= 0.6 is 0 Å². The maximum Gasteiger partial charge on any atom is 0.236 e. The number of carbonyl (C=O) groups is 1. The van der Waals surface area contributed by atoms with Gasteiger partial charge in [0.1, 0.15) is 0 Å². The summed E-state index contributed by atoms with van der Waals surface area (Å²) in [6, 6.07) is 0. The Labute approximate surface area is 78.2 Å². The first kappa shape index (κ1) is 8.97. The van der Waals surface area contributed by atoms with Gasteiger partial charge in [0.25, 0.3) is 0 Å². The molecule has 2 aliphatic rings. The molecule has 2 rings (SSSR count). The van der Waals surface area contributed by atoms with Crippen molar-refractivity contribution in [3.63, 3.8) is 0 Å². The molecule has 1 amide bonds. The van der Waals surface area contributed by atoms with E-state index in [-0.39, 0.29) is 5.91 Å². The van der Waals surface area contributed by atoms with Crippen LogP contribution in [0.5, 0.6) is 0 Å². The van der Waals surface area contributed by atoms with Crippen molar-refractivity contribution in [2.45, 2.75) is 0 Å². The van der Waals surface area contributed by atoms with Crippen LogP contribution in [-0.2, 0) is 9.53 Å². The number of amides is 1. The molecule has 2 unspecified atom stereocenters. The molecule has 0 saturated carbocycles. The summed E-state index contributed by atoms with van der Waals surface area (Å²) >= 11 is 0. The van der Waals surface area contributed by atoms with Crippen molar-refractivity contribution in [1.82, 2.24) is 10.2 Å². The molecule has 0 spiro atoms. The standard InChI is InChI=1S/C9H16N2O2/c1-10-2-9(12)11-3-7-5-13-6-8(7)4-11/h7-8,10H,2-6H2,1H3. The van der Waals surface area contributed by atoms with Crippen molar-refractivity contribution in [2.24, 2.45) is 11.8 Å². The molecule has 2 fully saturated rings. The van der Waals surface area contributed by atoms with E-state index in [4.69, 9.17) is 4.74 Å². The zero-order valence-corrected chi connectivity index (χ0v) is 7.95. The van der Waals surface area contributed by atoms with Gasteiger partial charge in [0.2, 0.25) is 5.91 Å². The van der Waals surface area contributed by atoms with E-state index >= 15 is 0 Å². The lowest BCUT2D eigenvalue weighted by molar-refractivity contribution is -0.129. The van der Waals surface area contributed by atoms with Crippen molar-refractivity contribution >= 4 is 5.91 Å². The van der Waals surface area contributed by atoms with E-state index in [9.17, 15) is 4.79 Å². The van der Waals surface area contributed by atoms with E-state index in [2.05, 4.69) is 5.32 Å². The van der Waals surface area contributed by atoms with Gasteiger partial charge in [-0.05, 0) is 7.05 Å². The molecule has 2 aliphatic heterocycles. The van der Waals surface area contributed by atoms with Crippen LogP contribution in [0.3, 0.4) is 0 Å². The van der Waals surface area contributed by atoms with E-state index in [1.807, 2.05) is 4.90 Å². The maximum absolute atomic E-state index is 11.5. The highest BCUT2D eigenvalue weighted by atomic mass is 16.5. The van der Waals surface area contributed by atoms with Gasteiger partial charge in [-0.1, -0.05) is 0 Å². The van der Waals surface area contributed by atoms with Crippen LogP contribution in [0.15, 0.2) is 0 Å². The van der Waals surface area contributed by atoms with Crippen LogP contribution in [0.1, 0.15) is 0 Å². The molecular formula is C9H16N2O2. The molecule has 0 bridgehead atoms. The Morgan fingerprint density at radius 3 is 2.62 bits per heavy atom. The van der Waals surface area contributed by atoms with Gasteiger partial charge in [-0.2, -0.15) is 0 Å². The summed E-state index contributed by atoms with van der Waals surface area (Å²) in [6.07, 6.45) is 0. The summed E-state index contributed by atoms with van der Waals surface area (Å²) in [5.74, 6) is 1.42. The number of nitrogens with one attached hydrogen (secondary N) is 1. The van der Waals surface area contributed by atoms with Crippen molar-refractivity contribution in [2.75, 3.05) is 39.9 Å². The summed E-state index contributed by atoms with van der Waals surface area (Å²) < 4.78 is 5.35. The Kier molecular flexibility index (Phi) is 2.51. The zero-order chi connectivity index (χ0) is 9.26. The molecule has 2 heterocycles. The largest absolute Gasteiger partial charge is 0.381 e. The number of hydrogen-bond acceptors (Lipinski definition) is 3. The minimum Gasteiger partial charge on any atom is -0.381 e. The second-order valence-electron chi connectivity index (χ2n) is 3.89. The fourth-order valence-electron chi connectivity index (χ4n) is 2.15. The van der Waals surface area contributed by atoms with E-state index in [1.165, 1.54) is 0 Å². The van der Waals surface area contributed by atoms with Crippen molar-refractivity contribution in [3.05, 3.63) is 0 Å². The Morgan fingerprint density at radius 2 is 2.08 bits per heavy atom. The summed E-state index contributed by atoms with van der Waals surface area (Å²) in [5, 5.41) is 2.89. The first-order valence-corrected chi connectivity index (χ1v) is 4.81. The van der Waals surface area contributed by atoms with Gasteiger partial charge in [-0.25, -0.2) is 0 Å². The fourth-order valence-corrected chi connectivity index (χ4v) is 2.15. The SMILES string of the molecule is CNCC(=O)N1CC2COCC2C1. The lowest BCUT2D eigenvalue weighted by Crippen LogP contribution is -2.36. The number of rotatable bonds is 2. The van der Waals surface area contributed by atoms with E-state index < -0.39 is 0 Å². The number of nitrogens with zero attached hydrogens (tertiary/aromatic N) is 1. The second kappa shape index (κ2) is 3.64. The molecule has 4 heteroatoms. The van der Waals surface area contributed by atoms with Crippen LogP contribution < -0.4 is 5.32 Å². The lowest BCUT2D eigenvalue weighted by atomic mass is 10.0. The normalized spacial score (nSPS) is 32.2. The summed E-state index contributed by atoms with van der Waals surface area (Å²) in [7, 11) is 1.80. The lowest BCUT2D eigenvalue weighted by Gasteiger charge is -2.16. The molecular weight excluding hydrogens is 168 g/mol. The molecule has 0 radical (unpaired) electrons. The predicted octanol–water partition coefficient (Wildman–Crippen LogP) is -0.689. The van der Waals surface area contributed by atoms with Crippen LogP contribution in [0, 0.1) is 11.8 Å². The van der Waals surface area contributed by atoms with E-state index in [0.29, 0.717) is 18.4 Å². The van der Waals surface area contributed by atoms with Crippen LogP contribution in [0.2, 0.25) is 0 Å². The van der Waals surface area contributed by atoms with Crippen molar-refractivity contribution < 1.29 is 9.53 Å². The average molecular weight is 184 g/mol. The average Bonchev–Trinajstić information content (AvgIpc) is 2.61. The first-order chi connectivity index (χ1) is 6.31. The summed E-state index contributed by atoms with van der Waals surface area (Å²) in [5.41, 5.74) is 0. The highest BCUT2D eigenvalue weighted by Gasteiger charge is 2.38. The van der Waals surface area contributed by atoms with Gasteiger partial charge in [0.15, 0.2) is 0 Å². The minimum absolute atomic E-state index is 0.219. The van der Waals surface area contributed by atoms with E-state index in [0.717, 1.165) is 26.3 Å². The van der Waals surface area contributed by atoms with Crippen LogP contribution in [0.25, 0.3) is 0 Å². The molecule has 13 heavy (non-hydrogen) atoms. The van der Waals surface area contributed by atoms with Gasteiger partial charge in [-0.3, -0.25) is 4.79 Å². The van der Waals surface area contributed by atoms with Crippen LogP contribution in [-0.4, -0.2) is 50.7 Å². The third kappa shape index (κ3) is 1.69. The second-order valence-corrected chi connectivity index (χ2v) is 3.89. The summed E-state index contributed by atoms with van der Waals surface area (Å²) in [6.45, 7) is 3.93. The molecule has 2 atom stereocenters. The number of carbonyl (C=O) groups excluding carboxylic acids is 1. The molecule has 0 aliphatic carbocycles. The van der Waals surface area contributed by atoms with Gasteiger partial charge < -0.3 is 15.0 Å². The van der Waals surface area contributed by atoms with Crippen molar-refractivity contribution in [1.29, 1.82) is 0 Å². The predicted molar refractivity (Wildman–Crippen MR) is 48.3 cm³/mol. The number of ether oxygens (including phenoxy) is 1. The Balaban J connectivity index is 1.87. The number of likely N-dealkylation sites (N-methyl/N-ethyl adjacent to an activating group) is 1. The third-order valence-electron chi connectivity index (χ3n) is 2.92. The Morgan fingerprint density at radius 1 is 1.46 bits per heavy atom. The Hall–Kier alpha value is -0.610. The molecule has 0 aromatic heterocycles. The molecule has 0 aromatic rings. The van der Waals surface area contributed by atoms with Gasteiger partial charge in [0, 0.05) is 24.9 Å². The van der Waals surface area contributed by atoms with Gasteiger partial charge in [-0.15, -0.1) is 0 Å². The smallest absolute Gasteiger partial charge is 0.236 e. The monoisotopic (exact) mass is 184 g/mol. The number of fused-ring (bicyclic) bond motifs is 1. The molecule has 4 nitrogen and oxygen atoms in total. The topological polar surface area (TPSA) is 41.6 Å². The maximum atomic E-state index is 11.5. The number of hydrogen-bond donors (Lipinski definition) is 1.